The smallest absolute Gasteiger partial charge is 0.329 e. The summed E-state index contributed by atoms with van der Waals surface area (Å²) in [6.07, 6.45) is 1.57. The van der Waals surface area contributed by atoms with Gasteiger partial charge in [-0.05, 0) is 55.9 Å². The Labute approximate surface area is 223 Å². The highest BCUT2D eigenvalue weighted by Crippen LogP contribution is 2.50. The molecule has 0 spiro atoms. The molecule has 2 amide bonds. The molecule has 4 rings (SSSR count). The largest absolute Gasteiger partial charge is 0.496 e. The monoisotopic (exact) mass is 528 g/mol. The molecule has 2 aromatic carbocycles. The van der Waals surface area contributed by atoms with Crippen molar-refractivity contribution in [3.63, 3.8) is 0 Å². The first-order valence-corrected chi connectivity index (χ1v) is 13.0. The summed E-state index contributed by atoms with van der Waals surface area (Å²) in [7, 11) is 3.22. The zero-order valence-electron chi connectivity index (χ0n) is 22.5. The van der Waals surface area contributed by atoms with Crippen molar-refractivity contribution in [2.75, 3.05) is 27.4 Å². The Kier molecular flexibility index (Phi) is 8.16. The minimum atomic E-state index is -1.64. The molecule has 0 aliphatic heterocycles. The number of hydrogen-bond donors (Lipinski definition) is 2. The fourth-order valence-electron chi connectivity index (χ4n) is 5.33. The van der Waals surface area contributed by atoms with Crippen molar-refractivity contribution in [1.82, 2.24) is 10.2 Å². The van der Waals surface area contributed by atoms with Crippen molar-refractivity contribution in [3.05, 3.63) is 59.2 Å². The zero-order chi connectivity index (χ0) is 27.5. The summed E-state index contributed by atoms with van der Waals surface area (Å²) in [6, 6.07) is 12.4. The van der Waals surface area contributed by atoms with E-state index in [1.165, 1.54) is 11.8 Å². The molecule has 8 nitrogen and oxygen atoms in total. The number of alkyl halides is 1. The Morgan fingerprint density at radius 2 is 1.74 bits per heavy atom. The van der Waals surface area contributed by atoms with Crippen LogP contribution in [-0.2, 0) is 16.1 Å². The summed E-state index contributed by atoms with van der Waals surface area (Å²) >= 11 is 0. The summed E-state index contributed by atoms with van der Waals surface area (Å²) < 4.78 is 31.6. The number of carboxylic acids is 1. The number of ether oxygens (including phenoxy) is 3. The van der Waals surface area contributed by atoms with Crippen LogP contribution >= 0.6 is 0 Å². The van der Waals surface area contributed by atoms with E-state index < -0.39 is 29.2 Å². The van der Waals surface area contributed by atoms with Gasteiger partial charge in [-0.1, -0.05) is 30.3 Å². The van der Waals surface area contributed by atoms with Gasteiger partial charge < -0.3 is 29.5 Å². The normalized spacial score (nSPS) is 23.2. The molecule has 2 aliphatic rings. The van der Waals surface area contributed by atoms with Crippen LogP contribution in [0.4, 0.5) is 9.18 Å². The second-order valence-corrected chi connectivity index (χ2v) is 10.6. The van der Waals surface area contributed by atoms with E-state index in [0.717, 1.165) is 29.5 Å². The van der Waals surface area contributed by atoms with Gasteiger partial charge in [-0.25, -0.2) is 14.0 Å². The van der Waals surface area contributed by atoms with E-state index in [9.17, 15) is 19.1 Å². The molecule has 206 valence electrons. The number of rotatable bonds is 12. The van der Waals surface area contributed by atoms with Crippen LogP contribution in [0.25, 0.3) is 0 Å². The van der Waals surface area contributed by atoms with Crippen LogP contribution < -0.4 is 14.8 Å². The molecule has 2 saturated carbocycles. The van der Waals surface area contributed by atoms with Crippen molar-refractivity contribution in [3.8, 4) is 11.5 Å². The van der Waals surface area contributed by atoms with Crippen LogP contribution in [0.5, 0.6) is 11.5 Å². The fraction of sp³-hybridized carbons (Fsp3) is 0.517. The number of carbonyl (C=O) groups is 2. The van der Waals surface area contributed by atoms with Gasteiger partial charge >= 0.3 is 12.0 Å². The van der Waals surface area contributed by atoms with E-state index in [4.69, 9.17) is 14.2 Å². The molecule has 1 unspecified atom stereocenters. The Bertz CT molecular complexity index is 1120. The highest BCUT2D eigenvalue weighted by molar-refractivity contribution is 5.88. The van der Waals surface area contributed by atoms with Crippen molar-refractivity contribution in [2.24, 2.45) is 0 Å². The maximum absolute atomic E-state index is 14.3. The summed E-state index contributed by atoms with van der Waals surface area (Å²) in [5, 5.41) is 12.4. The number of aliphatic carboxylic acids is 1. The third-order valence-corrected chi connectivity index (χ3v) is 7.45. The standard InChI is InChI=1S/C29H37FN2O6/c1-19(22-14-23(36-3)25(21-10-11-21)24(15-22)37-4)32(12-13-38-16-20-8-6-5-7-9-20)27(35)31-29(26(33)34)17-28(2,30)18-29/h5-9,14-15,19,21H,10-13,16-18H2,1-4H3,(H,31,35)(H,33,34). The van der Waals surface area contributed by atoms with Crippen LogP contribution in [0, 0.1) is 0 Å². The predicted octanol–water partition coefficient (Wildman–Crippen LogP) is 5.22. The fourth-order valence-corrected chi connectivity index (χ4v) is 5.33. The number of methoxy groups -OCH3 is 2. The number of amides is 2. The minimum Gasteiger partial charge on any atom is -0.496 e. The van der Waals surface area contributed by atoms with Crippen molar-refractivity contribution < 1.29 is 33.3 Å². The lowest BCUT2D eigenvalue weighted by atomic mass is 9.67. The van der Waals surface area contributed by atoms with Crippen LogP contribution in [0.1, 0.15) is 68.2 Å². The van der Waals surface area contributed by atoms with Gasteiger partial charge in [0.2, 0.25) is 0 Å². The summed E-state index contributed by atoms with van der Waals surface area (Å²) in [5.41, 5.74) is -0.484. The first-order valence-electron chi connectivity index (χ1n) is 13.0. The average molecular weight is 529 g/mol. The van der Waals surface area contributed by atoms with Gasteiger partial charge in [0.15, 0.2) is 0 Å². The second kappa shape index (κ2) is 11.2. The van der Waals surface area contributed by atoms with Crippen molar-refractivity contribution in [2.45, 2.75) is 69.3 Å². The lowest BCUT2D eigenvalue weighted by Crippen LogP contribution is -2.68. The zero-order valence-corrected chi connectivity index (χ0v) is 22.5. The van der Waals surface area contributed by atoms with Gasteiger partial charge in [-0.2, -0.15) is 0 Å². The quantitative estimate of drug-likeness (QED) is 0.367. The van der Waals surface area contributed by atoms with Crippen molar-refractivity contribution in [1.29, 1.82) is 0 Å². The first-order chi connectivity index (χ1) is 18.1. The minimum absolute atomic E-state index is 0.192. The molecule has 1 atom stereocenters. The van der Waals surface area contributed by atoms with Crippen LogP contribution in [0.15, 0.2) is 42.5 Å². The number of hydrogen-bond acceptors (Lipinski definition) is 5. The molecule has 0 saturated heterocycles. The highest BCUT2D eigenvalue weighted by Gasteiger charge is 2.59. The molecule has 2 N–H and O–H groups in total. The number of carboxylic acid groups (broad SMARTS) is 1. The van der Waals surface area contributed by atoms with Crippen LogP contribution in [0.3, 0.4) is 0 Å². The highest BCUT2D eigenvalue weighted by atomic mass is 19.1. The van der Waals surface area contributed by atoms with Gasteiger partial charge in [0.1, 0.15) is 22.7 Å². The number of urea groups is 1. The predicted molar refractivity (Wildman–Crippen MR) is 140 cm³/mol. The Balaban J connectivity index is 1.56. The van der Waals surface area contributed by atoms with Crippen LogP contribution in [-0.4, -0.2) is 60.6 Å². The van der Waals surface area contributed by atoms with E-state index in [1.807, 2.05) is 49.4 Å². The Morgan fingerprint density at radius 3 is 2.24 bits per heavy atom. The maximum atomic E-state index is 14.3. The van der Waals surface area contributed by atoms with Crippen LogP contribution in [0.2, 0.25) is 0 Å². The summed E-state index contributed by atoms with van der Waals surface area (Å²) in [4.78, 5) is 27.1. The second-order valence-electron chi connectivity index (χ2n) is 10.6. The van der Waals surface area contributed by atoms with Crippen molar-refractivity contribution >= 4 is 12.0 Å². The molecular weight excluding hydrogens is 491 g/mol. The van der Waals surface area contributed by atoms with Gasteiger partial charge in [-0.3, -0.25) is 0 Å². The lowest BCUT2D eigenvalue weighted by molar-refractivity contribution is -0.156. The number of nitrogens with one attached hydrogen (secondary N) is 1. The topological polar surface area (TPSA) is 97.3 Å². The summed E-state index contributed by atoms with van der Waals surface area (Å²) in [6.45, 7) is 3.99. The Hall–Kier alpha value is -3.33. The first kappa shape index (κ1) is 27.7. The molecule has 9 heteroatoms. The van der Waals surface area contributed by atoms with Gasteiger partial charge in [0.25, 0.3) is 0 Å². The van der Waals surface area contributed by atoms with E-state index in [-0.39, 0.29) is 26.0 Å². The molecular formula is C29H37FN2O6. The Morgan fingerprint density at radius 1 is 1.13 bits per heavy atom. The third kappa shape index (κ3) is 6.04. The molecule has 38 heavy (non-hydrogen) atoms. The number of benzene rings is 2. The lowest BCUT2D eigenvalue weighted by Gasteiger charge is -2.48. The van der Waals surface area contributed by atoms with Gasteiger partial charge in [-0.15, -0.1) is 0 Å². The van der Waals surface area contributed by atoms with Gasteiger partial charge in [0, 0.05) is 24.9 Å². The molecule has 0 aromatic heterocycles. The van der Waals surface area contributed by atoms with E-state index in [0.29, 0.717) is 24.0 Å². The molecule has 2 aliphatic carbocycles. The average Bonchev–Trinajstić information content (AvgIpc) is 3.72. The number of nitrogens with zero attached hydrogens (tertiary/aromatic N) is 1. The molecule has 0 bridgehead atoms. The van der Waals surface area contributed by atoms with Gasteiger partial charge in [0.05, 0.1) is 33.5 Å². The SMILES string of the molecule is COc1cc(C(C)N(CCOCc2ccccc2)C(=O)NC2(C(=O)O)CC(C)(F)C2)cc(OC)c1C1CC1. The maximum Gasteiger partial charge on any atom is 0.329 e. The summed E-state index contributed by atoms with van der Waals surface area (Å²) in [5.74, 6) is 0.539. The molecule has 2 fully saturated rings. The van der Waals surface area contributed by atoms with E-state index in [1.54, 1.807) is 14.2 Å². The molecule has 0 radical (unpaired) electrons. The third-order valence-electron chi connectivity index (χ3n) is 7.45. The van der Waals surface area contributed by atoms with E-state index in [2.05, 4.69) is 5.32 Å². The number of carbonyl (C=O) groups excluding carboxylic acids is 1. The van der Waals surface area contributed by atoms with E-state index >= 15 is 0 Å². The molecule has 0 heterocycles. The number of halogens is 1. The molecule has 2 aromatic rings.